The molecule has 10 heteroatoms. The van der Waals surface area contributed by atoms with Gasteiger partial charge < -0.3 is 23.9 Å². The molecule has 192 valence electrons. The highest BCUT2D eigenvalue weighted by atomic mass is 32.1. The summed E-state index contributed by atoms with van der Waals surface area (Å²) in [6, 6.07) is 8.49. The number of hydrogen-bond acceptors (Lipinski definition) is 9. The lowest BCUT2D eigenvalue weighted by molar-refractivity contribution is -0.124. The van der Waals surface area contributed by atoms with Crippen LogP contribution in [0.4, 0.5) is 0 Å². The number of aromatic amines is 1. The fraction of sp³-hybridized carbons (Fsp3) is 0.393. The van der Waals surface area contributed by atoms with Gasteiger partial charge in [-0.15, -0.1) is 11.3 Å². The molecule has 1 aromatic carbocycles. The predicted molar refractivity (Wildman–Crippen MR) is 140 cm³/mol. The smallest absolute Gasteiger partial charge is 0.231 e. The second kappa shape index (κ2) is 8.25. The van der Waals surface area contributed by atoms with Crippen LogP contribution in [0.3, 0.4) is 0 Å². The van der Waals surface area contributed by atoms with E-state index in [1.165, 1.54) is 5.56 Å². The maximum atomic E-state index is 9.39. The number of ether oxygens (including phenoxy) is 4. The monoisotopic (exact) mass is 527 g/mol. The first-order valence-electron chi connectivity index (χ1n) is 12.8. The summed E-state index contributed by atoms with van der Waals surface area (Å²) in [6.45, 7) is 4.63. The number of thiazole rings is 1. The summed E-state index contributed by atoms with van der Waals surface area (Å²) >= 11 is 1.60. The fourth-order valence-electron chi connectivity index (χ4n) is 6.57. The molecule has 0 aliphatic carbocycles. The maximum Gasteiger partial charge on any atom is 0.231 e. The van der Waals surface area contributed by atoms with Crippen molar-refractivity contribution >= 4 is 22.4 Å². The number of nitriles is 1. The van der Waals surface area contributed by atoms with Gasteiger partial charge in [-0.2, -0.15) is 5.26 Å². The van der Waals surface area contributed by atoms with E-state index in [0.717, 1.165) is 75.8 Å². The predicted octanol–water partition coefficient (Wildman–Crippen LogP) is 4.44. The Bertz CT molecular complexity index is 1610. The molecule has 9 nitrogen and oxygen atoms in total. The summed E-state index contributed by atoms with van der Waals surface area (Å²) in [6.07, 6.45) is 5.27. The van der Waals surface area contributed by atoms with Gasteiger partial charge in [0, 0.05) is 65.9 Å². The molecule has 1 spiro atoms. The zero-order valence-electron chi connectivity index (χ0n) is 20.7. The number of fused-ring (bicyclic) bond motifs is 5. The van der Waals surface area contributed by atoms with Crippen molar-refractivity contribution in [1.82, 2.24) is 19.9 Å². The average molecular weight is 528 g/mol. The molecule has 0 bridgehead atoms. The van der Waals surface area contributed by atoms with E-state index in [-0.39, 0.29) is 12.2 Å². The van der Waals surface area contributed by atoms with Crippen LogP contribution in [0, 0.1) is 16.7 Å². The van der Waals surface area contributed by atoms with Crippen LogP contribution in [0.1, 0.15) is 24.0 Å². The zero-order valence-corrected chi connectivity index (χ0v) is 21.5. The molecule has 1 atom stereocenters. The van der Waals surface area contributed by atoms with Crippen LogP contribution < -0.4 is 9.47 Å². The SMILES string of the molecule is N#CCC1(CN2CC[C@@]3(C2)OCc2cnc4[nH]c(-c5cncs5)c(-c5ccc6c(c5)OCO6)c4c23)COC1. The van der Waals surface area contributed by atoms with E-state index in [4.69, 9.17) is 23.9 Å². The van der Waals surface area contributed by atoms with Crippen molar-refractivity contribution in [2.24, 2.45) is 5.41 Å². The van der Waals surface area contributed by atoms with Crippen LogP contribution in [0.15, 0.2) is 36.1 Å². The third-order valence-corrected chi connectivity index (χ3v) is 9.13. The number of rotatable bonds is 5. The molecule has 3 aromatic heterocycles. The van der Waals surface area contributed by atoms with Crippen molar-refractivity contribution in [3.63, 3.8) is 0 Å². The van der Waals surface area contributed by atoms with Crippen molar-refractivity contribution in [2.45, 2.75) is 25.0 Å². The fourth-order valence-corrected chi connectivity index (χ4v) is 7.20. The van der Waals surface area contributed by atoms with Crippen LogP contribution in [-0.4, -0.2) is 59.5 Å². The Morgan fingerprint density at radius 2 is 2.11 bits per heavy atom. The van der Waals surface area contributed by atoms with Crippen molar-refractivity contribution in [1.29, 1.82) is 5.26 Å². The Kier molecular flexibility index (Phi) is 4.88. The highest BCUT2D eigenvalue weighted by Crippen LogP contribution is 2.52. The molecule has 4 aromatic rings. The standard InChI is InChI=1S/C28H25N5O4S/c29-5-3-27(13-34-14-27)11-33-6-4-28(12-33)24-18(10-37-28)8-31-26-23(24)22(25(32-26)21-9-30-15-38-21)17-1-2-19-20(7-17)36-16-35-19/h1-2,7-9,15H,3-4,6,10-14,16H2,(H,31,32)/t28-/m0/s1. The molecule has 4 aliphatic rings. The molecule has 0 saturated carbocycles. The van der Waals surface area contributed by atoms with Crippen LogP contribution in [0.2, 0.25) is 0 Å². The Morgan fingerprint density at radius 3 is 2.92 bits per heavy atom. The van der Waals surface area contributed by atoms with E-state index in [1.807, 2.05) is 24.0 Å². The van der Waals surface area contributed by atoms with Crippen molar-refractivity contribution < 1.29 is 18.9 Å². The minimum absolute atomic E-state index is 0.0691. The normalized spacial score (nSPS) is 23.1. The van der Waals surface area contributed by atoms with Gasteiger partial charge in [0.1, 0.15) is 11.2 Å². The lowest BCUT2D eigenvalue weighted by Gasteiger charge is -2.42. The molecule has 7 heterocycles. The van der Waals surface area contributed by atoms with Crippen LogP contribution >= 0.6 is 11.3 Å². The number of aromatic nitrogens is 3. The van der Waals surface area contributed by atoms with E-state index in [2.05, 4.69) is 33.1 Å². The number of H-pyrrole nitrogens is 1. The molecule has 0 amide bonds. The van der Waals surface area contributed by atoms with Gasteiger partial charge in [0.25, 0.3) is 0 Å². The van der Waals surface area contributed by atoms with Crippen LogP contribution in [0.5, 0.6) is 11.5 Å². The molecule has 2 saturated heterocycles. The molecule has 1 N–H and O–H groups in total. The van der Waals surface area contributed by atoms with Gasteiger partial charge in [-0.05, 0) is 24.1 Å². The molecule has 0 radical (unpaired) electrons. The summed E-state index contributed by atoms with van der Waals surface area (Å²) in [5.74, 6) is 1.50. The summed E-state index contributed by atoms with van der Waals surface area (Å²) in [7, 11) is 0. The molecular formula is C28H25N5O4S. The second-order valence-electron chi connectivity index (χ2n) is 10.8. The van der Waals surface area contributed by atoms with E-state index in [9.17, 15) is 5.26 Å². The van der Waals surface area contributed by atoms with Crippen molar-refractivity contribution in [3.8, 4) is 39.3 Å². The van der Waals surface area contributed by atoms with Crippen LogP contribution in [0.25, 0.3) is 32.7 Å². The van der Waals surface area contributed by atoms with E-state index in [0.29, 0.717) is 26.2 Å². The zero-order chi connectivity index (χ0) is 25.3. The molecule has 2 fully saturated rings. The molecule has 0 unspecified atom stereocenters. The number of hydrogen-bond donors (Lipinski definition) is 1. The van der Waals surface area contributed by atoms with Crippen molar-refractivity contribution in [2.75, 3.05) is 39.6 Å². The van der Waals surface area contributed by atoms with Gasteiger partial charge in [-0.3, -0.25) is 9.88 Å². The minimum Gasteiger partial charge on any atom is -0.454 e. The Labute approximate surface area is 222 Å². The molecule has 38 heavy (non-hydrogen) atoms. The van der Waals surface area contributed by atoms with E-state index >= 15 is 0 Å². The van der Waals surface area contributed by atoms with Gasteiger partial charge in [-0.25, -0.2) is 4.98 Å². The molecule has 4 aliphatic heterocycles. The number of likely N-dealkylation sites (tertiary alicyclic amines) is 1. The van der Waals surface area contributed by atoms with Gasteiger partial charge in [-0.1, -0.05) is 6.07 Å². The highest BCUT2D eigenvalue weighted by Gasteiger charge is 2.50. The topological polar surface area (TPSA) is 106 Å². The third-order valence-electron chi connectivity index (χ3n) is 8.34. The van der Waals surface area contributed by atoms with E-state index in [1.54, 1.807) is 11.3 Å². The van der Waals surface area contributed by atoms with Crippen LogP contribution in [-0.2, 0) is 21.7 Å². The Morgan fingerprint density at radius 1 is 1.18 bits per heavy atom. The third kappa shape index (κ3) is 3.26. The van der Waals surface area contributed by atoms with Crippen molar-refractivity contribution in [3.05, 3.63) is 47.2 Å². The molecular weight excluding hydrogens is 502 g/mol. The summed E-state index contributed by atoms with van der Waals surface area (Å²) in [5, 5.41) is 10.5. The average Bonchev–Trinajstić information content (AvgIpc) is 3.73. The minimum atomic E-state index is -0.423. The van der Waals surface area contributed by atoms with Gasteiger partial charge in [0.15, 0.2) is 11.5 Å². The summed E-state index contributed by atoms with van der Waals surface area (Å²) < 4.78 is 23.5. The first-order chi connectivity index (χ1) is 18.7. The van der Waals surface area contributed by atoms with Gasteiger partial charge in [0.2, 0.25) is 6.79 Å². The lowest BCUT2D eigenvalue weighted by atomic mass is 9.82. The highest BCUT2D eigenvalue weighted by molar-refractivity contribution is 7.13. The quantitative estimate of drug-likeness (QED) is 0.406. The van der Waals surface area contributed by atoms with E-state index < -0.39 is 5.60 Å². The number of nitrogens with zero attached hydrogens (tertiary/aromatic N) is 4. The van der Waals surface area contributed by atoms with Gasteiger partial charge in [0.05, 0.1) is 42.0 Å². The number of nitrogens with one attached hydrogen (secondary N) is 1. The number of benzene rings is 1. The molecule has 8 rings (SSSR count). The first-order valence-corrected chi connectivity index (χ1v) is 13.7. The maximum absolute atomic E-state index is 9.39. The Hall–Kier alpha value is -3.49. The van der Waals surface area contributed by atoms with Gasteiger partial charge >= 0.3 is 0 Å². The first kappa shape index (κ1) is 22.5. The number of pyridine rings is 1. The largest absolute Gasteiger partial charge is 0.454 e. The lowest BCUT2D eigenvalue weighted by Crippen LogP contribution is -2.50. The summed E-state index contributed by atoms with van der Waals surface area (Å²) in [5.41, 5.74) is 7.68. The second-order valence-corrected chi connectivity index (χ2v) is 11.6. The Balaban J connectivity index is 1.28. The summed E-state index contributed by atoms with van der Waals surface area (Å²) in [4.78, 5) is 16.3.